The van der Waals surface area contributed by atoms with Crippen molar-refractivity contribution in [2.24, 2.45) is 0 Å². The molecule has 29 heavy (non-hydrogen) atoms. The average molecular weight is 390 g/mol. The van der Waals surface area contributed by atoms with E-state index in [1.54, 1.807) is 0 Å². The van der Waals surface area contributed by atoms with Gasteiger partial charge >= 0.3 is 0 Å². The Morgan fingerprint density at radius 3 is 2.66 bits per heavy atom. The Hall–Kier alpha value is -2.57. The van der Waals surface area contributed by atoms with Crippen molar-refractivity contribution in [1.82, 2.24) is 20.0 Å². The van der Waals surface area contributed by atoms with Crippen LogP contribution in [0, 0.1) is 20.8 Å². The van der Waals surface area contributed by atoms with Crippen molar-refractivity contribution >= 4 is 0 Å². The Bertz CT molecular complexity index is 1030. The smallest absolute Gasteiger partial charge is 0.159 e. The number of benzene rings is 1. The molecule has 0 bridgehead atoms. The molecule has 150 valence electrons. The number of aryl methyl sites for hydroxylation is 3. The van der Waals surface area contributed by atoms with Crippen molar-refractivity contribution in [3.63, 3.8) is 0 Å². The van der Waals surface area contributed by atoms with E-state index >= 15 is 0 Å². The molecule has 1 fully saturated rings. The van der Waals surface area contributed by atoms with Gasteiger partial charge in [0.2, 0.25) is 0 Å². The van der Waals surface area contributed by atoms with Gasteiger partial charge in [-0.15, -0.1) is 0 Å². The molecule has 6 heteroatoms. The summed E-state index contributed by atoms with van der Waals surface area (Å²) in [6.45, 7) is 10.2. The summed E-state index contributed by atoms with van der Waals surface area (Å²) >= 11 is 0. The van der Waals surface area contributed by atoms with Gasteiger partial charge in [-0.05, 0) is 33.7 Å². The highest BCUT2D eigenvalue weighted by molar-refractivity contribution is 5.56. The molecule has 1 spiro atoms. The first-order chi connectivity index (χ1) is 14.1. The van der Waals surface area contributed by atoms with Crippen LogP contribution >= 0.6 is 0 Å². The predicted molar refractivity (Wildman–Crippen MR) is 109 cm³/mol. The standard InChI is InChI=1S/C23H26N4O2/c1-15-20-12-28-14-23(21(20)25-22(24-15)18-7-5-4-6-8-18)9-10-27(13-23)11-19-16(2)26-29-17(19)3/h4-8H,9-14H2,1-3H3. The third kappa shape index (κ3) is 3.16. The molecule has 1 aromatic carbocycles. The number of aromatic nitrogens is 3. The number of ether oxygens (including phenoxy) is 1. The summed E-state index contributed by atoms with van der Waals surface area (Å²) in [5.41, 5.74) is 6.52. The van der Waals surface area contributed by atoms with Crippen molar-refractivity contribution in [2.45, 2.75) is 45.8 Å². The second-order valence-corrected chi connectivity index (χ2v) is 8.36. The Morgan fingerprint density at radius 1 is 1.07 bits per heavy atom. The number of fused-ring (bicyclic) bond motifs is 2. The zero-order valence-electron chi connectivity index (χ0n) is 17.2. The number of hydrogen-bond acceptors (Lipinski definition) is 6. The van der Waals surface area contributed by atoms with E-state index in [1.807, 2.05) is 32.0 Å². The van der Waals surface area contributed by atoms with Gasteiger partial charge in [-0.25, -0.2) is 9.97 Å². The zero-order chi connectivity index (χ0) is 20.0. The molecular weight excluding hydrogens is 364 g/mol. The second-order valence-electron chi connectivity index (χ2n) is 8.36. The molecule has 2 aliphatic heterocycles. The highest BCUT2D eigenvalue weighted by Gasteiger charge is 2.45. The Labute approximate surface area is 170 Å². The van der Waals surface area contributed by atoms with Gasteiger partial charge in [0.15, 0.2) is 5.82 Å². The minimum absolute atomic E-state index is 0.0796. The molecule has 1 unspecified atom stereocenters. The Balaban J connectivity index is 1.49. The fourth-order valence-electron chi connectivity index (χ4n) is 4.70. The normalized spacial score (nSPS) is 21.6. The Kier molecular flexibility index (Phi) is 4.48. The topological polar surface area (TPSA) is 64.3 Å². The predicted octanol–water partition coefficient (Wildman–Crippen LogP) is 3.73. The molecule has 1 saturated heterocycles. The molecule has 0 amide bonds. The average Bonchev–Trinajstić information content (AvgIpc) is 3.28. The maximum Gasteiger partial charge on any atom is 0.159 e. The number of hydrogen-bond donors (Lipinski definition) is 0. The SMILES string of the molecule is Cc1nc(-c2ccccc2)nc2c1COCC21CCN(Cc2c(C)noc2C)C1. The van der Waals surface area contributed by atoms with Crippen LogP contribution in [0.1, 0.15) is 40.4 Å². The van der Waals surface area contributed by atoms with Crippen LogP contribution in [0.3, 0.4) is 0 Å². The molecule has 5 rings (SSSR count). The van der Waals surface area contributed by atoms with Crippen molar-refractivity contribution < 1.29 is 9.26 Å². The number of nitrogens with zero attached hydrogens (tertiary/aromatic N) is 4. The molecule has 0 radical (unpaired) electrons. The monoisotopic (exact) mass is 390 g/mol. The number of rotatable bonds is 3. The Morgan fingerprint density at radius 2 is 1.90 bits per heavy atom. The highest BCUT2D eigenvalue weighted by atomic mass is 16.5. The summed E-state index contributed by atoms with van der Waals surface area (Å²) in [5.74, 6) is 1.72. The fourth-order valence-corrected chi connectivity index (χ4v) is 4.70. The molecule has 0 N–H and O–H groups in total. The lowest BCUT2D eigenvalue weighted by Crippen LogP contribution is -2.41. The molecule has 6 nitrogen and oxygen atoms in total. The second kappa shape index (κ2) is 7.04. The first-order valence-corrected chi connectivity index (χ1v) is 10.2. The van der Waals surface area contributed by atoms with E-state index in [1.165, 1.54) is 11.3 Å². The van der Waals surface area contributed by atoms with E-state index < -0.39 is 0 Å². The van der Waals surface area contributed by atoms with Crippen molar-refractivity contribution in [3.05, 3.63) is 64.3 Å². The molecule has 3 aromatic rings. The van der Waals surface area contributed by atoms with Crippen LogP contribution in [-0.4, -0.2) is 39.7 Å². The maximum absolute atomic E-state index is 6.05. The van der Waals surface area contributed by atoms with Crippen molar-refractivity contribution in [1.29, 1.82) is 0 Å². The van der Waals surface area contributed by atoms with Crippen LogP contribution in [-0.2, 0) is 23.3 Å². The third-order valence-electron chi connectivity index (χ3n) is 6.37. The van der Waals surface area contributed by atoms with Gasteiger partial charge in [0.25, 0.3) is 0 Å². The summed E-state index contributed by atoms with van der Waals surface area (Å²) in [7, 11) is 0. The van der Waals surface area contributed by atoms with Crippen LogP contribution in [0.25, 0.3) is 11.4 Å². The fraction of sp³-hybridized carbons (Fsp3) is 0.435. The minimum atomic E-state index is -0.0796. The van der Waals surface area contributed by atoms with E-state index in [0.29, 0.717) is 13.2 Å². The summed E-state index contributed by atoms with van der Waals surface area (Å²) in [6, 6.07) is 10.2. The quantitative estimate of drug-likeness (QED) is 0.679. The van der Waals surface area contributed by atoms with Crippen molar-refractivity contribution in [3.8, 4) is 11.4 Å². The molecular formula is C23H26N4O2. The van der Waals surface area contributed by atoms with Gasteiger partial charge in [0, 0.05) is 35.5 Å². The van der Waals surface area contributed by atoms with Gasteiger partial charge in [-0.1, -0.05) is 35.5 Å². The van der Waals surface area contributed by atoms with Gasteiger partial charge < -0.3 is 9.26 Å². The van der Waals surface area contributed by atoms with Crippen LogP contribution in [0.5, 0.6) is 0 Å². The van der Waals surface area contributed by atoms with Crippen LogP contribution < -0.4 is 0 Å². The lowest BCUT2D eigenvalue weighted by molar-refractivity contribution is 0.0498. The highest BCUT2D eigenvalue weighted by Crippen LogP contribution is 2.41. The van der Waals surface area contributed by atoms with E-state index in [9.17, 15) is 0 Å². The minimum Gasteiger partial charge on any atom is -0.376 e. The molecule has 2 aliphatic rings. The third-order valence-corrected chi connectivity index (χ3v) is 6.37. The van der Waals surface area contributed by atoms with Crippen LogP contribution in [0.4, 0.5) is 0 Å². The van der Waals surface area contributed by atoms with E-state index in [2.05, 4.69) is 29.1 Å². The van der Waals surface area contributed by atoms with Gasteiger partial charge in [-0.2, -0.15) is 0 Å². The lowest BCUT2D eigenvalue weighted by atomic mass is 9.80. The summed E-state index contributed by atoms with van der Waals surface area (Å²) in [6.07, 6.45) is 1.04. The maximum atomic E-state index is 6.05. The van der Waals surface area contributed by atoms with Crippen LogP contribution in [0.2, 0.25) is 0 Å². The zero-order valence-corrected chi connectivity index (χ0v) is 17.2. The van der Waals surface area contributed by atoms with E-state index in [0.717, 1.165) is 60.2 Å². The first kappa shape index (κ1) is 18.5. The molecule has 1 atom stereocenters. The van der Waals surface area contributed by atoms with Gasteiger partial charge in [0.05, 0.1) is 30.0 Å². The molecule has 0 saturated carbocycles. The van der Waals surface area contributed by atoms with Crippen molar-refractivity contribution in [2.75, 3.05) is 19.7 Å². The summed E-state index contributed by atoms with van der Waals surface area (Å²) in [5, 5.41) is 4.11. The van der Waals surface area contributed by atoms with Crippen LogP contribution in [0.15, 0.2) is 34.9 Å². The summed E-state index contributed by atoms with van der Waals surface area (Å²) in [4.78, 5) is 12.4. The molecule has 4 heterocycles. The molecule has 2 aromatic heterocycles. The van der Waals surface area contributed by atoms with Gasteiger partial charge in [-0.3, -0.25) is 4.90 Å². The van der Waals surface area contributed by atoms with E-state index in [4.69, 9.17) is 19.2 Å². The molecule has 0 aliphatic carbocycles. The van der Waals surface area contributed by atoms with E-state index in [-0.39, 0.29) is 5.41 Å². The summed E-state index contributed by atoms with van der Waals surface area (Å²) < 4.78 is 11.4. The van der Waals surface area contributed by atoms with Gasteiger partial charge in [0.1, 0.15) is 5.76 Å². The largest absolute Gasteiger partial charge is 0.376 e. The number of likely N-dealkylation sites (tertiary alicyclic amines) is 1. The lowest BCUT2D eigenvalue weighted by Gasteiger charge is -2.35. The first-order valence-electron chi connectivity index (χ1n) is 10.2.